The number of carbonyl (C=O) groups excluding carboxylic acids is 1. The molecular formula is C16H21N5O3S. The maximum absolute atomic E-state index is 12.3. The van der Waals surface area contributed by atoms with Gasteiger partial charge in [0.2, 0.25) is 11.7 Å². The minimum absolute atomic E-state index is 0.0112. The third-order valence-corrected chi connectivity index (χ3v) is 5.41. The van der Waals surface area contributed by atoms with Crippen LogP contribution in [-0.4, -0.2) is 58.8 Å². The summed E-state index contributed by atoms with van der Waals surface area (Å²) in [6.07, 6.45) is 3.33. The van der Waals surface area contributed by atoms with Crippen LogP contribution < -0.4 is 0 Å². The molecule has 3 rings (SSSR count). The molecule has 2 heterocycles. The van der Waals surface area contributed by atoms with Crippen molar-refractivity contribution in [1.82, 2.24) is 25.1 Å². The molecule has 1 fully saturated rings. The van der Waals surface area contributed by atoms with Crippen molar-refractivity contribution in [2.75, 3.05) is 19.3 Å². The van der Waals surface area contributed by atoms with Crippen LogP contribution in [0.15, 0.2) is 29.2 Å². The van der Waals surface area contributed by atoms with E-state index in [1.165, 1.54) is 16.9 Å². The first-order valence-electron chi connectivity index (χ1n) is 8.19. The van der Waals surface area contributed by atoms with Crippen LogP contribution in [0.4, 0.5) is 0 Å². The van der Waals surface area contributed by atoms with Gasteiger partial charge >= 0.3 is 0 Å². The highest BCUT2D eigenvalue weighted by atomic mass is 32.2. The SMILES string of the molecule is C[C@H]1CCCN(C(=O)Cn2nnc(-c3ccc(S(C)(=O)=O)cc3)n2)C1. The van der Waals surface area contributed by atoms with Crippen molar-refractivity contribution in [3.8, 4) is 11.4 Å². The van der Waals surface area contributed by atoms with Crippen molar-refractivity contribution in [3.05, 3.63) is 24.3 Å². The van der Waals surface area contributed by atoms with Crippen molar-refractivity contribution in [3.63, 3.8) is 0 Å². The number of carbonyl (C=O) groups is 1. The smallest absolute Gasteiger partial charge is 0.246 e. The predicted molar refractivity (Wildman–Crippen MR) is 91.3 cm³/mol. The summed E-state index contributed by atoms with van der Waals surface area (Å²) in [7, 11) is -3.24. The molecule has 1 aliphatic rings. The van der Waals surface area contributed by atoms with Crippen LogP contribution >= 0.6 is 0 Å². The molecule has 0 N–H and O–H groups in total. The van der Waals surface area contributed by atoms with Gasteiger partial charge in [0.15, 0.2) is 9.84 Å². The van der Waals surface area contributed by atoms with E-state index < -0.39 is 9.84 Å². The van der Waals surface area contributed by atoms with Crippen LogP contribution in [0.3, 0.4) is 0 Å². The van der Waals surface area contributed by atoms with Crippen LogP contribution in [0.25, 0.3) is 11.4 Å². The second-order valence-corrected chi connectivity index (χ2v) is 8.54. The first-order valence-corrected chi connectivity index (χ1v) is 10.1. The highest BCUT2D eigenvalue weighted by molar-refractivity contribution is 7.90. The minimum atomic E-state index is -3.24. The predicted octanol–water partition coefficient (Wildman–Crippen LogP) is 1.00. The molecule has 1 aromatic heterocycles. The molecule has 0 radical (unpaired) electrons. The lowest BCUT2D eigenvalue weighted by Gasteiger charge is -2.30. The largest absolute Gasteiger partial charge is 0.341 e. The summed E-state index contributed by atoms with van der Waals surface area (Å²) in [4.78, 5) is 15.7. The summed E-state index contributed by atoms with van der Waals surface area (Å²) in [5.41, 5.74) is 0.651. The normalized spacial score (nSPS) is 18.3. The highest BCUT2D eigenvalue weighted by Crippen LogP contribution is 2.18. The number of nitrogens with zero attached hydrogens (tertiary/aromatic N) is 5. The second kappa shape index (κ2) is 6.91. The van der Waals surface area contributed by atoms with Gasteiger partial charge in [-0.2, -0.15) is 4.80 Å². The molecule has 0 spiro atoms. The number of amides is 1. The molecule has 1 aromatic carbocycles. The average molecular weight is 363 g/mol. The molecule has 0 bridgehead atoms. The van der Waals surface area contributed by atoms with E-state index in [0.717, 1.165) is 32.2 Å². The molecule has 1 amide bonds. The first-order chi connectivity index (χ1) is 11.8. The zero-order valence-electron chi connectivity index (χ0n) is 14.3. The van der Waals surface area contributed by atoms with Crippen LogP contribution in [0.2, 0.25) is 0 Å². The lowest BCUT2D eigenvalue weighted by atomic mass is 10.0. The van der Waals surface area contributed by atoms with Gasteiger partial charge in [-0.1, -0.05) is 6.92 Å². The van der Waals surface area contributed by atoms with Crippen LogP contribution in [-0.2, 0) is 21.2 Å². The number of likely N-dealkylation sites (tertiary alicyclic amines) is 1. The minimum Gasteiger partial charge on any atom is -0.341 e. The van der Waals surface area contributed by atoms with E-state index in [1.807, 2.05) is 4.90 Å². The molecule has 1 atom stereocenters. The van der Waals surface area contributed by atoms with E-state index in [9.17, 15) is 13.2 Å². The Labute approximate surface area is 146 Å². The molecule has 9 heteroatoms. The van der Waals surface area contributed by atoms with Gasteiger partial charge in [0.05, 0.1) is 4.90 Å². The number of rotatable bonds is 4. The molecule has 2 aromatic rings. The van der Waals surface area contributed by atoms with Crippen molar-refractivity contribution in [2.24, 2.45) is 5.92 Å². The Kier molecular flexibility index (Phi) is 4.85. The van der Waals surface area contributed by atoms with E-state index in [4.69, 9.17) is 0 Å². The zero-order chi connectivity index (χ0) is 18.0. The number of piperidine rings is 1. The van der Waals surface area contributed by atoms with Gasteiger partial charge in [-0.05, 0) is 48.2 Å². The summed E-state index contributed by atoms with van der Waals surface area (Å²) in [6.45, 7) is 3.75. The Hall–Kier alpha value is -2.29. The summed E-state index contributed by atoms with van der Waals surface area (Å²) < 4.78 is 23.0. The maximum atomic E-state index is 12.3. The van der Waals surface area contributed by atoms with Crippen molar-refractivity contribution < 1.29 is 13.2 Å². The van der Waals surface area contributed by atoms with E-state index in [2.05, 4.69) is 22.3 Å². The van der Waals surface area contributed by atoms with Crippen LogP contribution in [0, 0.1) is 5.92 Å². The lowest BCUT2D eigenvalue weighted by Crippen LogP contribution is -2.41. The fraction of sp³-hybridized carbons (Fsp3) is 0.500. The fourth-order valence-electron chi connectivity index (χ4n) is 2.91. The Bertz CT molecular complexity index is 860. The van der Waals surface area contributed by atoms with Gasteiger partial charge in [-0.25, -0.2) is 8.42 Å². The highest BCUT2D eigenvalue weighted by Gasteiger charge is 2.22. The average Bonchev–Trinajstić information content (AvgIpc) is 3.02. The number of hydrogen-bond donors (Lipinski definition) is 0. The van der Waals surface area contributed by atoms with Crippen molar-refractivity contribution in [1.29, 1.82) is 0 Å². The molecule has 0 aliphatic carbocycles. The molecule has 8 nitrogen and oxygen atoms in total. The van der Waals surface area contributed by atoms with Gasteiger partial charge in [0, 0.05) is 24.9 Å². The van der Waals surface area contributed by atoms with Crippen LogP contribution in [0.1, 0.15) is 19.8 Å². The summed E-state index contributed by atoms with van der Waals surface area (Å²) >= 11 is 0. The van der Waals surface area contributed by atoms with E-state index in [-0.39, 0.29) is 17.3 Å². The number of benzene rings is 1. The second-order valence-electron chi connectivity index (χ2n) is 6.53. The molecular weight excluding hydrogens is 342 g/mol. The van der Waals surface area contributed by atoms with Gasteiger partial charge < -0.3 is 4.90 Å². The van der Waals surface area contributed by atoms with Gasteiger partial charge in [0.1, 0.15) is 6.54 Å². The van der Waals surface area contributed by atoms with Crippen LogP contribution in [0.5, 0.6) is 0 Å². The quantitative estimate of drug-likeness (QED) is 0.804. The monoisotopic (exact) mass is 363 g/mol. The number of tetrazole rings is 1. The van der Waals surface area contributed by atoms with Gasteiger partial charge in [0.25, 0.3) is 0 Å². The number of hydrogen-bond acceptors (Lipinski definition) is 6. The zero-order valence-corrected chi connectivity index (χ0v) is 15.1. The van der Waals surface area contributed by atoms with Crippen molar-refractivity contribution in [2.45, 2.75) is 31.2 Å². The van der Waals surface area contributed by atoms with E-state index >= 15 is 0 Å². The Morgan fingerprint density at radius 2 is 2.00 bits per heavy atom. The lowest BCUT2D eigenvalue weighted by molar-refractivity contribution is -0.134. The van der Waals surface area contributed by atoms with E-state index in [0.29, 0.717) is 17.3 Å². The molecule has 0 saturated carbocycles. The standard InChI is InChI=1S/C16H21N5O3S/c1-12-4-3-9-20(10-12)15(22)11-21-18-16(17-19-21)13-5-7-14(8-6-13)25(2,23)24/h5-8,12H,3-4,9-11H2,1-2H3/t12-/m0/s1. The topological polar surface area (TPSA) is 98.0 Å². The molecule has 0 unspecified atom stereocenters. The molecule has 1 aliphatic heterocycles. The summed E-state index contributed by atoms with van der Waals surface area (Å²) in [5.74, 6) is 0.869. The number of sulfone groups is 1. The van der Waals surface area contributed by atoms with Crippen molar-refractivity contribution >= 4 is 15.7 Å². The maximum Gasteiger partial charge on any atom is 0.246 e. The van der Waals surface area contributed by atoms with E-state index in [1.54, 1.807) is 12.1 Å². The molecule has 1 saturated heterocycles. The molecule has 134 valence electrons. The summed E-state index contributed by atoms with van der Waals surface area (Å²) in [6, 6.07) is 6.27. The Balaban J connectivity index is 1.69. The first kappa shape index (κ1) is 17.5. The number of aromatic nitrogens is 4. The Morgan fingerprint density at radius 1 is 1.28 bits per heavy atom. The Morgan fingerprint density at radius 3 is 2.64 bits per heavy atom. The fourth-order valence-corrected chi connectivity index (χ4v) is 3.54. The third-order valence-electron chi connectivity index (χ3n) is 4.28. The summed E-state index contributed by atoms with van der Waals surface area (Å²) in [5, 5.41) is 12.1. The van der Waals surface area contributed by atoms with Gasteiger partial charge in [-0.15, -0.1) is 10.2 Å². The van der Waals surface area contributed by atoms with Gasteiger partial charge in [-0.3, -0.25) is 4.79 Å². The molecule has 25 heavy (non-hydrogen) atoms. The third kappa shape index (κ3) is 4.22.